The first kappa shape index (κ1) is 16.0. The SMILES string of the molecule is CC(C)CCC(=O)Nc1ccccc1-c1nc(-c2ccco2)no1. The second-order valence-corrected chi connectivity index (χ2v) is 5.93. The van der Waals surface area contributed by atoms with Gasteiger partial charge in [-0.05, 0) is 36.6 Å². The minimum absolute atomic E-state index is 0.0260. The number of anilines is 1. The van der Waals surface area contributed by atoms with Crippen molar-refractivity contribution in [3.63, 3.8) is 0 Å². The van der Waals surface area contributed by atoms with E-state index in [1.54, 1.807) is 18.4 Å². The number of nitrogens with one attached hydrogen (secondary N) is 1. The van der Waals surface area contributed by atoms with Crippen LogP contribution in [-0.2, 0) is 4.79 Å². The molecule has 1 amide bonds. The summed E-state index contributed by atoms with van der Waals surface area (Å²) in [4.78, 5) is 16.4. The summed E-state index contributed by atoms with van der Waals surface area (Å²) in [5.74, 6) is 1.69. The summed E-state index contributed by atoms with van der Waals surface area (Å²) in [6, 6.07) is 10.9. The molecule has 0 aliphatic heterocycles. The minimum Gasteiger partial charge on any atom is -0.461 e. The second-order valence-electron chi connectivity index (χ2n) is 5.93. The molecular formula is C18H19N3O3. The van der Waals surface area contributed by atoms with E-state index in [2.05, 4.69) is 29.3 Å². The van der Waals surface area contributed by atoms with Crippen molar-refractivity contribution < 1.29 is 13.7 Å². The molecule has 6 heteroatoms. The van der Waals surface area contributed by atoms with Crippen molar-refractivity contribution in [1.82, 2.24) is 10.1 Å². The molecule has 24 heavy (non-hydrogen) atoms. The van der Waals surface area contributed by atoms with E-state index in [1.165, 1.54) is 0 Å². The third-order valence-electron chi connectivity index (χ3n) is 3.55. The van der Waals surface area contributed by atoms with Gasteiger partial charge in [0.2, 0.25) is 11.7 Å². The number of carbonyl (C=O) groups is 1. The highest BCUT2D eigenvalue weighted by Gasteiger charge is 2.16. The number of hydrogen-bond acceptors (Lipinski definition) is 5. The van der Waals surface area contributed by atoms with E-state index < -0.39 is 0 Å². The third-order valence-corrected chi connectivity index (χ3v) is 3.55. The van der Waals surface area contributed by atoms with Crippen LogP contribution < -0.4 is 5.32 Å². The predicted molar refractivity (Wildman–Crippen MR) is 90.1 cm³/mol. The first-order valence-corrected chi connectivity index (χ1v) is 7.90. The van der Waals surface area contributed by atoms with Gasteiger partial charge in [-0.25, -0.2) is 0 Å². The van der Waals surface area contributed by atoms with Crippen molar-refractivity contribution in [1.29, 1.82) is 0 Å². The molecule has 0 unspecified atom stereocenters. The van der Waals surface area contributed by atoms with Crippen molar-refractivity contribution in [2.24, 2.45) is 5.92 Å². The quantitative estimate of drug-likeness (QED) is 0.727. The summed E-state index contributed by atoms with van der Waals surface area (Å²) >= 11 is 0. The Morgan fingerprint density at radius 3 is 2.79 bits per heavy atom. The molecule has 3 aromatic rings. The van der Waals surface area contributed by atoms with Crippen LogP contribution >= 0.6 is 0 Å². The number of benzene rings is 1. The van der Waals surface area contributed by atoms with E-state index >= 15 is 0 Å². The Bertz CT molecular complexity index is 807. The van der Waals surface area contributed by atoms with Crippen molar-refractivity contribution >= 4 is 11.6 Å². The van der Waals surface area contributed by atoms with E-state index in [0.717, 1.165) is 6.42 Å². The maximum atomic E-state index is 12.1. The van der Waals surface area contributed by atoms with Crippen LogP contribution in [0.25, 0.3) is 23.0 Å². The van der Waals surface area contributed by atoms with Crippen LogP contribution in [0.2, 0.25) is 0 Å². The molecule has 0 spiro atoms. The van der Waals surface area contributed by atoms with E-state index in [4.69, 9.17) is 8.94 Å². The monoisotopic (exact) mass is 325 g/mol. The second kappa shape index (κ2) is 7.12. The lowest BCUT2D eigenvalue weighted by atomic mass is 10.1. The number of nitrogens with zero attached hydrogens (tertiary/aromatic N) is 2. The number of hydrogen-bond donors (Lipinski definition) is 1. The topological polar surface area (TPSA) is 81.2 Å². The molecule has 0 fully saturated rings. The lowest BCUT2D eigenvalue weighted by Gasteiger charge is -2.09. The Kier molecular flexibility index (Phi) is 4.74. The van der Waals surface area contributed by atoms with Crippen LogP contribution in [0.3, 0.4) is 0 Å². The van der Waals surface area contributed by atoms with Gasteiger partial charge in [-0.1, -0.05) is 31.1 Å². The van der Waals surface area contributed by atoms with Gasteiger partial charge in [0.1, 0.15) is 0 Å². The molecule has 2 heterocycles. The van der Waals surface area contributed by atoms with Gasteiger partial charge in [0.25, 0.3) is 5.89 Å². The van der Waals surface area contributed by atoms with Crippen molar-refractivity contribution in [2.45, 2.75) is 26.7 Å². The molecule has 0 aliphatic rings. The van der Waals surface area contributed by atoms with Crippen LogP contribution in [0.15, 0.2) is 51.6 Å². The van der Waals surface area contributed by atoms with Crippen molar-refractivity contribution in [2.75, 3.05) is 5.32 Å². The molecule has 1 N–H and O–H groups in total. The van der Waals surface area contributed by atoms with Crippen molar-refractivity contribution in [3.05, 3.63) is 42.7 Å². The van der Waals surface area contributed by atoms with Gasteiger partial charge in [-0.2, -0.15) is 4.98 Å². The van der Waals surface area contributed by atoms with Crippen LogP contribution in [0, 0.1) is 5.92 Å². The normalized spacial score (nSPS) is 11.0. The lowest BCUT2D eigenvalue weighted by Crippen LogP contribution is -2.12. The maximum absolute atomic E-state index is 12.1. The Balaban J connectivity index is 1.80. The molecule has 0 atom stereocenters. The van der Waals surface area contributed by atoms with Crippen LogP contribution in [0.4, 0.5) is 5.69 Å². The van der Waals surface area contributed by atoms with E-state index in [-0.39, 0.29) is 5.91 Å². The zero-order chi connectivity index (χ0) is 16.9. The third kappa shape index (κ3) is 3.71. The fourth-order valence-electron chi connectivity index (χ4n) is 2.25. The smallest absolute Gasteiger partial charge is 0.260 e. The van der Waals surface area contributed by atoms with E-state index in [0.29, 0.717) is 41.1 Å². The fraction of sp³-hybridized carbons (Fsp3) is 0.278. The standard InChI is InChI=1S/C18H19N3O3/c1-12(2)9-10-16(22)19-14-7-4-3-6-13(14)18-20-17(21-24-18)15-8-5-11-23-15/h3-8,11-12H,9-10H2,1-2H3,(H,19,22). The Hall–Kier alpha value is -2.89. The van der Waals surface area contributed by atoms with Crippen LogP contribution in [-0.4, -0.2) is 16.0 Å². The Morgan fingerprint density at radius 2 is 2.04 bits per heavy atom. The van der Waals surface area contributed by atoms with Gasteiger partial charge in [-0.15, -0.1) is 0 Å². The van der Waals surface area contributed by atoms with Crippen molar-refractivity contribution in [3.8, 4) is 23.0 Å². The lowest BCUT2D eigenvalue weighted by molar-refractivity contribution is -0.116. The summed E-state index contributed by atoms with van der Waals surface area (Å²) in [5, 5.41) is 6.84. The molecular weight excluding hydrogens is 306 g/mol. The minimum atomic E-state index is -0.0260. The highest BCUT2D eigenvalue weighted by atomic mass is 16.5. The zero-order valence-electron chi connectivity index (χ0n) is 13.7. The Morgan fingerprint density at radius 1 is 1.21 bits per heavy atom. The first-order chi connectivity index (χ1) is 11.6. The molecule has 124 valence electrons. The number of rotatable bonds is 6. The van der Waals surface area contributed by atoms with E-state index in [9.17, 15) is 4.79 Å². The molecule has 0 radical (unpaired) electrons. The number of amides is 1. The number of furan rings is 1. The van der Waals surface area contributed by atoms with Gasteiger partial charge in [0.15, 0.2) is 5.76 Å². The largest absolute Gasteiger partial charge is 0.461 e. The van der Waals surface area contributed by atoms with Gasteiger partial charge in [-0.3, -0.25) is 4.79 Å². The Labute approximate surface area is 139 Å². The average Bonchev–Trinajstić information content (AvgIpc) is 3.24. The molecule has 0 saturated carbocycles. The van der Waals surface area contributed by atoms with Gasteiger partial charge < -0.3 is 14.3 Å². The van der Waals surface area contributed by atoms with Gasteiger partial charge in [0.05, 0.1) is 17.5 Å². The number of para-hydroxylation sites is 1. The summed E-state index contributed by atoms with van der Waals surface area (Å²) < 4.78 is 10.6. The summed E-state index contributed by atoms with van der Waals surface area (Å²) in [7, 11) is 0. The summed E-state index contributed by atoms with van der Waals surface area (Å²) in [6.07, 6.45) is 2.87. The maximum Gasteiger partial charge on any atom is 0.260 e. The molecule has 3 rings (SSSR count). The number of carbonyl (C=O) groups excluding carboxylic acids is 1. The summed E-state index contributed by atoms with van der Waals surface area (Å²) in [5.41, 5.74) is 1.33. The predicted octanol–water partition coefficient (Wildman–Crippen LogP) is 4.37. The molecule has 0 aliphatic carbocycles. The van der Waals surface area contributed by atoms with Gasteiger partial charge >= 0.3 is 0 Å². The van der Waals surface area contributed by atoms with Crippen LogP contribution in [0.1, 0.15) is 26.7 Å². The molecule has 0 bridgehead atoms. The molecule has 0 saturated heterocycles. The molecule has 2 aromatic heterocycles. The fourth-order valence-corrected chi connectivity index (χ4v) is 2.25. The highest BCUT2D eigenvalue weighted by molar-refractivity contribution is 5.94. The van der Waals surface area contributed by atoms with Crippen LogP contribution in [0.5, 0.6) is 0 Å². The highest BCUT2D eigenvalue weighted by Crippen LogP contribution is 2.28. The zero-order valence-corrected chi connectivity index (χ0v) is 13.7. The van der Waals surface area contributed by atoms with E-state index in [1.807, 2.05) is 24.3 Å². The average molecular weight is 325 g/mol. The molecule has 6 nitrogen and oxygen atoms in total. The number of aromatic nitrogens is 2. The van der Waals surface area contributed by atoms with Gasteiger partial charge in [0, 0.05) is 6.42 Å². The first-order valence-electron chi connectivity index (χ1n) is 7.90. The summed E-state index contributed by atoms with van der Waals surface area (Å²) in [6.45, 7) is 4.19. The molecule has 1 aromatic carbocycles.